The molecule has 0 radical (unpaired) electrons. The summed E-state index contributed by atoms with van der Waals surface area (Å²) in [4.78, 5) is 35.8. The third kappa shape index (κ3) is 9.42. The van der Waals surface area contributed by atoms with E-state index in [2.05, 4.69) is 0 Å². The van der Waals surface area contributed by atoms with Gasteiger partial charge in [0.05, 0.1) is 19.7 Å². The molecule has 4 aromatic rings. The molecule has 0 saturated carbocycles. The Bertz CT molecular complexity index is 2260. The van der Waals surface area contributed by atoms with Gasteiger partial charge in [0.1, 0.15) is 19.6 Å². The van der Waals surface area contributed by atoms with Crippen LogP contribution in [-0.2, 0) is 56.0 Å². The van der Waals surface area contributed by atoms with E-state index in [-0.39, 0.29) is 24.3 Å². The standard InChI is InChI=1S/C24H16N4O20S4Si/c29-25(30)17-5-1-9-21(13-17)49(37,38)45-53(46-50(39,40)22-10-2-6-18(14-22)26(31)32,47-51(41,42)23-11-3-7-19(15-23)27(33)34)48-52(43,44)24-12-4-8-20(16-24)28(35)36/h1-16H. The first kappa shape index (κ1) is 40.1. The van der Waals surface area contributed by atoms with Crippen LogP contribution < -0.4 is 0 Å². The predicted octanol–water partition coefficient (Wildman–Crippen LogP) is 2.68. The average molecular weight is 837 g/mol. The summed E-state index contributed by atoms with van der Waals surface area (Å²) < 4.78 is 128. The molecule has 0 heterocycles. The van der Waals surface area contributed by atoms with Crippen LogP contribution in [0.2, 0.25) is 0 Å². The molecule has 0 aliphatic carbocycles. The topological polar surface area (TPSA) is 346 Å². The SMILES string of the molecule is O=[N+]([O-])c1cccc(S(=O)(=O)O[Si](OS(=O)(=O)c2cccc([N+](=O)[O-])c2)(OS(=O)(=O)c2cccc([N+](=O)[O-])c2)OS(=O)(=O)c2cccc([N+](=O)[O-])c2)c1. The van der Waals surface area contributed by atoms with Gasteiger partial charge in [-0.05, 0) is 24.3 Å². The van der Waals surface area contributed by atoms with Crippen molar-refractivity contribution >= 4 is 72.3 Å². The fraction of sp³-hybridized carbons (Fsp3) is 0. The van der Waals surface area contributed by atoms with E-state index < -0.39 is 112 Å². The van der Waals surface area contributed by atoms with E-state index in [4.69, 9.17) is 15.5 Å². The molecule has 24 nitrogen and oxygen atoms in total. The van der Waals surface area contributed by atoms with Gasteiger partial charge >= 0.3 is 9.05 Å². The van der Waals surface area contributed by atoms with Crippen LogP contribution in [0.15, 0.2) is 117 Å². The molecular weight excluding hydrogens is 821 g/mol. The lowest BCUT2D eigenvalue weighted by molar-refractivity contribution is -0.385. The van der Waals surface area contributed by atoms with Crippen LogP contribution in [-0.4, -0.2) is 62.4 Å². The second-order valence-corrected chi connectivity index (χ2v) is 18.9. The number of hydrogen-bond acceptors (Lipinski definition) is 20. The van der Waals surface area contributed by atoms with Gasteiger partial charge in [-0.15, -0.1) is 0 Å². The monoisotopic (exact) mass is 836 g/mol. The van der Waals surface area contributed by atoms with Crippen molar-refractivity contribution in [2.45, 2.75) is 19.6 Å². The smallest absolute Gasteiger partial charge is 0.258 e. The maximum absolute atomic E-state index is 13.6. The fourth-order valence-electron chi connectivity index (χ4n) is 3.82. The summed E-state index contributed by atoms with van der Waals surface area (Å²) in [5.74, 6) is 0. The van der Waals surface area contributed by atoms with E-state index in [9.17, 15) is 74.1 Å². The zero-order valence-electron chi connectivity index (χ0n) is 25.3. The highest BCUT2D eigenvalue weighted by atomic mass is 32.2. The molecule has 0 aliphatic rings. The third-order valence-corrected chi connectivity index (χ3v) is 16.2. The minimum atomic E-state index is -7.28. The Labute approximate surface area is 297 Å². The van der Waals surface area contributed by atoms with Gasteiger partial charge in [0.2, 0.25) is 0 Å². The number of nitro groups is 4. The van der Waals surface area contributed by atoms with Crippen molar-refractivity contribution in [2.75, 3.05) is 0 Å². The summed E-state index contributed by atoms with van der Waals surface area (Å²) in [6.07, 6.45) is 0. The Kier molecular flexibility index (Phi) is 11.2. The number of rotatable bonds is 16. The fourth-order valence-corrected chi connectivity index (χ4v) is 13.9. The molecule has 0 bridgehead atoms. The van der Waals surface area contributed by atoms with E-state index in [1.807, 2.05) is 0 Å². The first-order chi connectivity index (χ1) is 24.5. The largest absolute Gasteiger partial charge is 0.740 e. The molecule has 53 heavy (non-hydrogen) atoms. The normalized spacial score (nSPS) is 12.5. The molecule has 0 amide bonds. The predicted molar refractivity (Wildman–Crippen MR) is 171 cm³/mol. The van der Waals surface area contributed by atoms with Gasteiger partial charge in [-0.3, -0.25) is 40.5 Å². The van der Waals surface area contributed by atoms with Gasteiger partial charge in [-0.2, -0.15) is 33.7 Å². The number of non-ortho nitro benzene ring substituents is 4. The Morgan fingerprint density at radius 3 is 0.736 bits per heavy atom. The highest BCUT2D eigenvalue weighted by Crippen LogP contribution is 2.34. The molecule has 4 rings (SSSR count). The van der Waals surface area contributed by atoms with E-state index in [0.717, 1.165) is 48.5 Å². The van der Waals surface area contributed by atoms with Crippen molar-refractivity contribution in [3.05, 3.63) is 138 Å². The molecule has 29 heteroatoms. The van der Waals surface area contributed by atoms with Crippen LogP contribution >= 0.6 is 0 Å². The summed E-state index contributed by atoms with van der Waals surface area (Å²) in [6, 6.07) is 9.47. The maximum Gasteiger partial charge on any atom is 0.740 e. The molecule has 0 atom stereocenters. The molecule has 0 unspecified atom stereocenters. The summed E-state index contributed by atoms with van der Waals surface area (Å²) in [6.45, 7) is 0. The Morgan fingerprint density at radius 2 is 0.566 bits per heavy atom. The molecule has 0 N–H and O–H groups in total. The molecule has 4 aromatic carbocycles. The van der Waals surface area contributed by atoms with Gasteiger partial charge in [-0.25, -0.2) is 15.5 Å². The minimum Gasteiger partial charge on any atom is -0.258 e. The minimum absolute atomic E-state index is 0.285. The van der Waals surface area contributed by atoms with Gasteiger partial charge in [-0.1, -0.05) is 24.3 Å². The summed E-state index contributed by atoms with van der Waals surface area (Å²) in [7, 11) is -31.0. The van der Waals surface area contributed by atoms with Crippen LogP contribution in [0.4, 0.5) is 22.7 Å². The van der Waals surface area contributed by atoms with Crippen molar-refractivity contribution in [3.63, 3.8) is 0 Å². The van der Waals surface area contributed by atoms with E-state index in [1.54, 1.807) is 0 Å². The van der Waals surface area contributed by atoms with Crippen LogP contribution in [0.25, 0.3) is 0 Å². The zero-order chi connectivity index (χ0) is 39.6. The first-order valence-electron chi connectivity index (χ1n) is 13.3. The first-order valence-corrected chi connectivity index (χ1v) is 20.5. The molecule has 0 spiro atoms. The van der Waals surface area contributed by atoms with Crippen molar-refractivity contribution in [1.29, 1.82) is 0 Å². The summed E-state index contributed by atoms with van der Waals surface area (Å²) in [5.41, 5.74) is -3.82. The van der Waals surface area contributed by atoms with E-state index in [1.165, 1.54) is 0 Å². The van der Waals surface area contributed by atoms with Crippen LogP contribution in [0.1, 0.15) is 0 Å². The maximum atomic E-state index is 13.6. The van der Waals surface area contributed by atoms with Gasteiger partial charge in [0.15, 0.2) is 0 Å². The summed E-state index contributed by atoms with van der Waals surface area (Å²) in [5, 5.41) is 45.4. The quantitative estimate of drug-likeness (QED) is 0.0889. The summed E-state index contributed by atoms with van der Waals surface area (Å²) >= 11 is 0. The molecule has 280 valence electrons. The molecular formula is C24H16N4O20S4Si. The van der Waals surface area contributed by atoms with Crippen molar-refractivity contribution in [2.24, 2.45) is 0 Å². The molecule has 0 saturated heterocycles. The second kappa shape index (κ2) is 14.8. The Balaban J connectivity index is 2.06. The molecule has 0 fully saturated rings. The van der Waals surface area contributed by atoms with Crippen molar-refractivity contribution in [1.82, 2.24) is 0 Å². The lowest BCUT2D eigenvalue weighted by Crippen LogP contribution is -2.54. The van der Waals surface area contributed by atoms with Crippen molar-refractivity contribution < 1.29 is 68.9 Å². The van der Waals surface area contributed by atoms with Crippen LogP contribution in [0, 0.1) is 40.5 Å². The molecule has 0 aliphatic heterocycles. The van der Waals surface area contributed by atoms with E-state index >= 15 is 0 Å². The second-order valence-electron chi connectivity index (χ2n) is 9.67. The Hall–Kier alpha value is -5.66. The number of nitrogens with zero attached hydrogens (tertiary/aromatic N) is 4. The van der Waals surface area contributed by atoms with Crippen molar-refractivity contribution in [3.8, 4) is 0 Å². The lowest BCUT2D eigenvalue weighted by Gasteiger charge is -2.25. The number of hydrogen-bond donors (Lipinski definition) is 0. The highest BCUT2D eigenvalue weighted by molar-refractivity contribution is 7.92. The van der Waals surface area contributed by atoms with Crippen LogP contribution in [0.5, 0.6) is 0 Å². The van der Waals surface area contributed by atoms with Crippen LogP contribution in [0.3, 0.4) is 0 Å². The highest BCUT2D eigenvalue weighted by Gasteiger charge is 2.62. The van der Waals surface area contributed by atoms with Gasteiger partial charge < -0.3 is 0 Å². The zero-order valence-corrected chi connectivity index (χ0v) is 29.6. The number of nitro benzene ring substituents is 4. The average Bonchev–Trinajstić information content (AvgIpc) is 3.07. The Morgan fingerprint density at radius 1 is 0.377 bits per heavy atom. The van der Waals surface area contributed by atoms with Gasteiger partial charge in [0, 0.05) is 48.5 Å². The lowest BCUT2D eigenvalue weighted by atomic mass is 10.3. The third-order valence-electron chi connectivity index (χ3n) is 6.12. The molecule has 0 aromatic heterocycles. The number of benzene rings is 4. The van der Waals surface area contributed by atoms with E-state index in [0.29, 0.717) is 24.3 Å². The van der Waals surface area contributed by atoms with Gasteiger partial charge in [0.25, 0.3) is 63.2 Å².